The van der Waals surface area contributed by atoms with Gasteiger partial charge in [-0.25, -0.2) is 0 Å². The summed E-state index contributed by atoms with van der Waals surface area (Å²) >= 11 is 0. The van der Waals surface area contributed by atoms with Crippen molar-refractivity contribution in [1.82, 2.24) is 4.90 Å². The minimum atomic E-state index is -0.311. The van der Waals surface area contributed by atoms with Crippen LogP contribution in [0.3, 0.4) is 0 Å². The van der Waals surface area contributed by atoms with E-state index in [0.29, 0.717) is 29.1 Å². The number of carbonyl (C=O) groups is 2. The van der Waals surface area contributed by atoms with E-state index in [4.69, 9.17) is 4.74 Å². The number of hydrogen-bond donors (Lipinski definition) is 0. The second-order valence-corrected chi connectivity index (χ2v) is 6.04. The van der Waals surface area contributed by atoms with E-state index in [0.717, 1.165) is 5.69 Å². The van der Waals surface area contributed by atoms with Gasteiger partial charge in [0.05, 0.1) is 12.7 Å². The fourth-order valence-electron chi connectivity index (χ4n) is 3.20. The largest absolute Gasteiger partial charge is 0.497 e. The fourth-order valence-corrected chi connectivity index (χ4v) is 3.20. The maximum atomic E-state index is 13.1. The van der Waals surface area contributed by atoms with E-state index < -0.39 is 0 Å². The molecule has 0 aromatic heterocycles. The van der Waals surface area contributed by atoms with Crippen LogP contribution in [0.15, 0.2) is 72.9 Å². The van der Waals surface area contributed by atoms with Crippen LogP contribution in [0.4, 0.5) is 5.69 Å². The highest BCUT2D eigenvalue weighted by atomic mass is 16.5. The topological polar surface area (TPSA) is 49.9 Å². The van der Waals surface area contributed by atoms with E-state index >= 15 is 0 Å². The van der Waals surface area contributed by atoms with Crippen molar-refractivity contribution in [3.05, 3.63) is 78.5 Å². The first-order chi connectivity index (χ1) is 13.1. The summed E-state index contributed by atoms with van der Waals surface area (Å²) in [5, 5.41) is 0. The predicted molar refractivity (Wildman–Crippen MR) is 106 cm³/mol. The molecule has 2 aromatic carbocycles. The lowest BCUT2D eigenvalue weighted by molar-refractivity contribution is -0.136. The van der Waals surface area contributed by atoms with E-state index in [1.807, 2.05) is 42.2 Å². The zero-order valence-corrected chi connectivity index (χ0v) is 15.5. The van der Waals surface area contributed by atoms with Gasteiger partial charge in [0.15, 0.2) is 0 Å². The third-order valence-electron chi connectivity index (χ3n) is 4.49. The molecule has 0 saturated heterocycles. The van der Waals surface area contributed by atoms with Crippen molar-refractivity contribution >= 4 is 23.1 Å². The van der Waals surface area contributed by atoms with Crippen molar-refractivity contribution in [3.63, 3.8) is 0 Å². The highest BCUT2D eigenvalue weighted by Gasteiger charge is 2.41. The Kier molecular flexibility index (Phi) is 5.41. The van der Waals surface area contributed by atoms with E-state index in [2.05, 4.69) is 6.58 Å². The Balaban J connectivity index is 2.17. The van der Waals surface area contributed by atoms with Crippen LogP contribution in [0.1, 0.15) is 12.5 Å². The molecule has 138 valence electrons. The SMILES string of the molecule is C=CCN1C(=O)C(c2ccc(OC)cc2)=C(N(CC)c2ccccc2)C1=O. The van der Waals surface area contributed by atoms with Crippen LogP contribution in [-0.4, -0.2) is 36.9 Å². The molecule has 0 bridgehead atoms. The van der Waals surface area contributed by atoms with Gasteiger partial charge in [0.25, 0.3) is 11.8 Å². The molecule has 3 rings (SSSR count). The smallest absolute Gasteiger partial charge is 0.278 e. The Morgan fingerprint density at radius 3 is 2.26 bits per heavy atom. The Morgan fingerprint density at radius 1 is 1.04 bits per heavy atom. The number of para-hydroxylation sites is 1. The van der Waals surface area contributed by atoms with Crippen LogP contribution in [0, 0.1) is 0 Å². The molecule has 0 radical (unpaired) electrons. The summed E-state index contributed by atoms with van der Waals surface area (Å²) in [6.07, 6.45) is 1.56. The van der Waals surface area contributed by atoms with Gasteiger partial charge >= 0.3 is 0 Å². The average Bonchev–Trinajstić information content (AvgIpc) is 2.95. The highest BCUT2D eigenvalue weighted by Crippen LogP contribution is 2.34. The first kappa shape index (κ1) is 18.5. The van der Waals surface area contributed by atoms with Gasteiger partial charge in [-0.2, -0.15) is 0 Å². The first-order valence-electron chi connectivity index (χ1n) is 8.80. The molecule has 0 saturated carbocycles. The highest BCUT2D eigenvalue weighted by molar-refractivity contribution is 6.36. The van der Waals surface area contributed by atoms with Crippen molar-refractivity contribution in [2.75, 3.05) is 25.1 Å². The van der Waals surface area contributed by atoms with Crippen molar-refractivity contribution in [2.45, 2.75) is 6.92 Å². The zero-order valence-electron chi connectivity index (χ0n) is 15.5. The van der Waals surface area contributed by atoms with Crippen molar-refractivity contribution in [2.24, 2.45) is 0 Å². The number of benzene rings is 2. The molecule has 2 amide bonds. The lowest BCUT2D eigenvalue weighted by atomic mass is 10.0. The second kappa shape index (κ2) is 7.91. The molecule has 2 aromatic rings. The molecule has 1 heterocycles. The van der Waals surface area contributed by atoms with E-state index in [1.165, 1.54) is 4.90 Å². The van der Waals surface area contributed by atoms with Crippen molar-refractivity contribution < 1.29 is 14.3 Å². The molecule has 0 aliphatic carbocycles. The van der Waals surface area contributed by atoms with Crippen molar-refractivity contribution in [1.29, 1.82) is 0 Å². The second-order valence-electron chi connectivity index (χ2n) is 6.04. The number of rotatable bonds is 7. The van der Waals surface area contributed by atoms with Gasteiger partial charge in [-0.1, -0.05) is 36.4 Å². The normalized spacial score (nSPS) is 13.9. The summed E-state index contributed by atoms with van der Waals surface area (Å²) < 4.78 is 5.20. The standard InChI is InChI=1S/C22H22N2O3/c1-4-15-24-21(25)19(16-11-13-18(27-3)14-12-16)20(22(24)26)23(5-2)17-9-7-6-8-10-17/h4,6-14H,1,5,15H2,2-3H3. The number of methoxy groups -OCH3 is 1. The van der Waals surface area contributed by atoms with Crippen LogP contribution in [0.25, 0.3) is 5.57 Å². The number of hydrogen-bond acceptors (Lipinski definition) is 4. The van der Waals surface area contributed by atoms with Crippen LogP contribution in [0.2, 0.25) is 0 Å². The summed E-state index contributed by atoms with van der Waals surface area (Å²) in [5.41, 5.74) is 2.34. The maximum Gasteiger partial charge on any atom is 0.278 e. The average molecular weight is 362 g/mol. The Morgan fingerprint density at radius 2 is 1.70 bits per heavy atom. The Hall–Kier alpha value is -3.34. The third-order valence-corrected chi connectivity index (χ3v) is 4.49. The summed E-state index contributed by atoms with van der Waals surface area (Å²) in [4.78, 5) is 29.3. The molecule has 5 nitrogen and oxygen atoms in total. The molecule has 0 N–H and O–H groups in total. The van der Waals surface area contributed by atoms with Gasteiger partial charge in [0, 0.05) is 18.8 Å². The number of carbonyl (C=O) groups excluding carboxylic acids is 2. The van der Waals surface area contributed by atoms with Crippen LogP contribution >= 0.6 is 0 Å². The quantitative estimate of drug-likeness (QED) is 0.559. The Bertz CT molecular complexity index is 886. The molecule has 0 unspecified atom stereocenters. The third kappa shape index (κ3) is 3.36. The van der Waals surface area contributed by atoms with E-state index in [1.54, 1.807) is 37.5 Å². The van der Waals surface area contributed by atoms with Crippen molar-refractivity contribution in [3.8, 4) is 5.75 Å². The fraction of sp³-hybridized carbons (Fsp3) is 0.182. The molecule has 1 aliphatic heterocycles. The molecule has 0 atom stereocenters. The molecule has 5 heteroatoms. The maximum absolute atomic E-state index is 13.1. The predicted octanol–water partition coefficient (Wildman–Crippen LogP) is 3.49. The number of ether oxygens (including phenoxy) is 1. The van der Waals surface area contributed by atoms with Gasteiger partial charge < -0.3 is 9.64 Å². The van der Waals surface area contributed by atoms with E-state index in [9.17, 15) is 9.59 Å². The molecule has 0 fully saturated rings. The number of imide groups is 1. The van der Waals surface area contributed by atoms with Gasteiger partial charge in [-0.3, -0.25) is 14.5 Å². The number of likely N-dealkylation sites (N-methyl/N-ethyl adjacent to an activating group) is 1. The molecular weight excluding hydrogens is 340 g/mol. The molecular formula is C22H22N2O3. The Labute approximate surface area is 159 Å². The summed E-state index contributed by atoms with van der Waals surface area (Å²) in [6, 6.07) is 16.8. The van der Waals surface area contributed by atoms with E-state index in [-0.39, 0.29) is 18.4 Å². The minimum absolute atomic E-state index is 0.174. The lowest BCUT2D eigenvalue weighted by Crippen LogP contribution is -2.35. The summed E-state index contributed by atoms with van der Waals surface area (Å²) in [6.45, 7) is 6.35. The van der Waals surface area contributed by atoms with Crippen LogP contribution in [-0.2, 0) is 9.59 Å². The minimum Gasteiger partial charge on any atom is -0.497 e. The van der Waals surface area contributed by atoms with Crippen LogP contribution < -0.4 is 9.64 Å². The van der Waals surface area contributed by atoms with Gasteiger partial charge in [0.2, 0.25) is 0 Å². The number of nitrogens with zero attached hydrogens (tertiary/aromatic N) is 2. The lowest BCUT2D eigenvalue weighted by Gasteiger charge is -2.24. The monoisotopic (exact) mass is 362 g/mol. The summed E-state index contributed by atoms with van der Waals surface area (Å²) in [7, 11) is 1.59. The molecule has 1 aliphatic rings. The zero-order chi connectivity index (χ0) is 19.4. The van der Waals surface area contributed by atoms with Crippen LogP contribution in [0.5, 0.6) is 5.75 Å². The molecule has 27 heavy (non-hydrogen) atoms. The summed E-state index contributed by atoms with van der Waals surface area (Å²) in [5.74, 6) is 0.0712. The number of amides is 2. The van der Waals surface area contributed by atoms with Gasteiger partial charge in [-0.15, -0.1) is 6.58 Å². The first-order valence-corrected chi connectivity index (χ1v) is 8.80. The van der Waals surface area contributed by atoms with Gasteiger partial charge in [-0.05, 0) is 36.8 Å². The number of anilines is 1. The molecule has 0 spiro atoms. The van der Waals surface area contributed by atoms with Gasteiger partial charge in [0.1, 0.15) is 11.4 Å².